The highest BCUT2D eigenvalue weighted by atomic mass is 16.6. The van der Waals surface area contributed by atoms with Gasteiger partial charge in [0.2, 0.25) is 0 Å². The fraction of sp³-hybridized carbons (Fsp3) is 0.333. The van der Waals surface area contributed by atoms with Gasteiger partial charge >= 0.3 is 0 Å². The minimum absolute atomic E-state index is 0.129. The lowest BCUT2D eigenvalue weighted by atomic mass is 10.0. The molecule has 2 rings (SSSR count). The van der Waals surface area contributed by atoms with Crippen molar-refractivity contribution in [3.63, 3.8) is 0 Å². The van der Waals surface area contributed by atoms with Gasteiger partial charge in [-0.25, -0.2) is 0 Å². The molecule has 16 heavy (non-hydrogen) atoms. The third kappa shape index (κ3) is 2.59. The highest BCUT2D eigenvalue weighted by Gasteiger charge is 2.10. The lowest BCUT2D eigenvalue weighted by Crippen LogP contribution is -2.18. The first-order valence-electron chi connectivity index (χ1n) is 5.43. The Morgan fingerprint density at radius 2 is 2.31 bits per heavy atom. The summed E-state index contributed by atoms with van der Waals surface area (Å²) in [6, 6.07) is 6.93. The number of anilines is 1. The van der Waals surface area contributed by atoms with Gasteiger partial charge in [-0.3, -0.25) is 10.1 Å². The number of hydrogen-bond acceptors (Lipinski definition) is 3. The second kappa shape index (κ2) is 4.79. The highest BCUT2D eigenvalue weighted by Crippen LogP contribution is 2.20. The Labute approximate surface area is 94.1 Å². The molecule has 1 aliphatic carbocycles. The number of allylic oxidation sites excluding steroid dienone is 1. The molecule has 1 N–H and O–H groups in total. The van der Waals surface area contributed by atoms with Gasteiger partial charge in [-0.05, 0) is 25.3 Å². The van der Waals surface area contributed by atoms with Crippen LogP contribution in [0.4, 0.5) is 11.4 Å². The molecule has 4 heteroatoms. The maximum atomic E-state index is 10.6. The molecule has 1 atom stereocenters. The molecule has 0 radical (unpaired) electrons. The van der Waals surface area contributed by atoms with Crippen LogP contribution in [0.25, 0.3) is 0 Å². The van der Waals surface area contributed by atoms with E-state index in [0.29, 0.717) is 6.04 Å². The van der Waals surface area contributed by atoms with E-state index in [1.165, 1.54) is 12.5 Å². The highest BCUT2D eigenvalue weighted by molar-refractivity contribution is 5.52. The molecule has 0 aromatic heterocycles. The second-order valence-corrected chi connectivity index (χ2v) is 3.92. The number of nitrogens with zero attached hydrogens (tertiary/aromatic N) is 1. The zero-order valence-corrected chi connectivity index (χ0v) is 8.93. The maximum Gasteiger partial charge on any atom is 0.271 e. The Bertz CT molecular complexity index is 415. The van der Waals surface area contributed by atoms with Gasteiger partial charge < -0.3 is 5.32 Å². The Morgan fingerprint density at radius 3 is 3.00 bits per heavy atom. The molecule has 0 heterocycles. The van der Waals surface area contributed by atoms with Crippen molar-refractivity contribution < 1.29 is 4.92 Å². The summed E-state index contributed by atoms with van der Waals surface area (Å²) >= 11 is 0. The molecule has 1 aliphatic rings. The van der Waals surface area contributed by atoms with Crippen molar-refractivity contribution in [1.82, 2.24) is 0 Å². The zero-order chi connectivity index (χ0) is 11.4. The third-order valence-electron chi connectivity index (χ3n) is 2.66. The first-order valence-corrected chi connectivity index (χ1v) is 5.43. The van der Waals surface area contributed by atoms with Crippen LogP contribution >= 0.6 is 0 Å². The minimum Gasteiger partial charge on any atom is -0.379 e. The molecule has 0 bridgehead atoms. The number of nitro groups is 1. The van der Waals surface area contributed by atoms with E-state index < -0.39 is 0 Å². The van der Waals surface area contributed by atoms with Crippen LogP contribution in [0.1, 0.15) is 19.3 Å². The summed E-state index contributed by atoms with van der Waals surface area (Å²) in [7, 11) is 0. The van der Waals surface area contributed by atoms with Gasteiger partial charge in [0, 0.05) is 23.9 Å². The zero-order valence-electron chi connectivity index (χ0n) is 8.93. The van der Waals surface area contributed by atoms with Crippen LogP contribution < -0.4 is 5.32 Å². The van der Waals surface area contributed by atoms with Crippen LogP contribution in [0, 0.1) is 10.1 Å². The van der Waals surface area contributed by atoms with Crippen molar-refractivity contribution in [2.75, 3.05) is 5.32 Å². The molecule has 0 fully saturated rings. The monoisotopic (exact) mass is 218 g/mol. The van der Waals surface area contributed by atoms with Crippen LogP contribution in [-0.4, -0.2) is 11.0 Å². The summed E-state index contributed by atoms with van der Waals surface area (Å²) in [6.07, 6.45) is 7.66. The minimum atomic E-state index is -0.373. The van der Waals surface area contributed by atoms with Crippen molar-refractivity contribution in [1.29, 1.82) is 0 Å². The summed E-state index contributed by atoms with van der Waals surface area (Å²) in [5.41, 5.74) is 0.940. The number of benzene rings is 1. The number of non-ortho nitro benzene ring substituents is 1. The van der Waals surface area contributed by atoms with Crippen molar-refractivity contribution in [2.24, 2.45) is 0 Å². The van der Waals surface area contributed by atoms with E-state index in [-0.39, 0.29) is 10.6 Å². The number of rotatable bonds is 3. The molecule has 84 valence electrons. The van der Waals surface area contributed by atoms with Crippen LogP contribution in [0.5, 0.6) is 0 Å². The number of hydrogen-bond donors (Lipinski definition) is 1. The molecule has 0 amide bonds. The molecule has 4 nitrogen and oxygen atoms in total. The molecule has 1 aromatic carbocycles. The average molecular weight is 218 g/mol. The lowest BCUT2D eigenvalue weighted by Gasteiger charge is -2.18. The predicted octanol–water partition coefficient (Wildman–Crippen LogP) is 3.12. The van der Waals surface area contributed by atoms with Gasteiger partial charge in [0.1, 0.15) is 0 Å². The topological polar surface area (TPSA) is 55.2 Å². The van der Waals surface area contributed by atoms with E-state index in [4.69, 9.17) is 0 Å². The van der Waals surface area contributed by atoms with Gasteiger partial charge in [0.25, 0.3) is 5.69 Å². The van der Waals surface area contributed by atoms with Gasteiger partial charge in [0.15, 0.2) is 0 Å². The van der Waals surface area contributed by atoms with E-state index in [1.807, 2.05) is 6.07 Å². The predicted molar refractivity (Wildman–Crippen MR) is 63.5 cm³/mol. The molecule has 0 saturated heterocycles. The summed E-state index contributed by atoms with van der Waals surface area (Å²) < 4.78 is 0. The van der Waals surface area contributed by atoms with Crippen LogP contribution in [0.3, 0.4) is 0 Å². The number of nitro benzene ring substituents is 1. The first-order chi connectivity index (χ1) is 7.75. The van der Waals surface area contributed by atoms with Crippen molar-refractivity contribution in [3.05, 3.63) is 46.5 Å². The SMILES string of the molecule is O=[N+]([O-])c1cccc(NC2C=CCCC2)c1. The van der Waals surface area contributed by atoms with E-state index in [0.717, 1.165) is 18.5 Å². The Balaban J connectivity index is 2.08. The molecule has 0 saturated carbocycles. The molecule has 0 spiro atoms. The average Bonchev–Trinajstić information content (AvgIpc) is 2.30. The van der Waals surface area contributed by atoms with Gasteiger partial charge in [-0.2, -0.15) is 0 Å². The molecule has 1 aromatic rings. The van der Waals surface area contributed by atoms with Gasteiger partial charge in [0.05, 0.1) is 4.92 Å². The van der Waals surface area contributed by atoms with E-state index in [9.17, 15) is 10.1 Å². The van der Waals surface area contributed by atoms with E-state index >= 15 is 0 Å². The van der Waals surface area contributed by atoms with Crippen LogP contribution in [0.15, 0.2) is 36.4 Å². The second-order valence-electron chi connectivity index (χ2n) is 3.92. The number of nitrogens with one attached hydrogen (secondary N) is 1. The Kier molecular flexibility index (Phi) is 3.19. The molecule has 1 unspecified atom stereocenters. The van der Waals surface area contributed by atoms with Gasteiger partial charge in [-0.1, -0.05) is 18.2 Å². The molecular weight excluding hydrogens is 204 g/mol. The van der Waals surface area contributed by atoms with E-state index in [2.05, 4.69) is 17.5 Å². The van der Waals surface area contributed by atoms with Crippen molar-refractivity contribution in [2.45, 2.75) is 25.3 Å². The van der Waals surface area contributed by atoms with Gasteiger partial charge in [-0.15, -0.1) is 0 Å². The Hall–Kier alpha value is -1.84. The Morgan fingerprint density at radius 1 is 1.44 bits per heavy atom. The lowest BCUT2D eigenvalue weighted by molar-refractivity contribution is -0.384. The summed E-state index contributed by atoms with van der Waals surface area (Å²) in [5.74, 6) is 0. The fourth-order valence-corrected chi connectivity index (χ4v) is 1.86. The summed E-state index contributed by atoms with van der Waals surface area (Å²) in [5, 5.41) is 13.9. The van der Waals surface area contributed by atoms with Crippen molar-refractivity contribution >= 4 is 11.4 Å². The van der Waals surface area contributed by atoms with Crippen molar-refractivity contribution in [3.8, 4) is 0 Å². The normalized spacial score (nSPS) is 19.4. The fourth-order valence-electron chi connectivity index (χ4n) is 1.86. The summed E-state index contributed by atoms with van der Waals surface area (Å²) in [6.45, 7) is 0. The quantitative estimate of drug-likeness (QED) is 0.481. The van der Waals surface area contributed by atoms with Crippen LogP contribution in [-0.2, 0) is 0 Å². The standard InChI is InChI=1S/C12H14N2O2/c15-14(16)12-8-4-7-11(9-12)13-10-5-2-1-3-6-10/h2,4-5,7-10,13H,1,3,6H2. The molecular formula is C12H14N2O2. The maximum absolute atomic E-state index is 10.6. The largest absolute Gasteiger partial charge is 0.379 e. The van der Waals surface area contributed by atoms with E-state index in [1.54, 1.807) is 12.1 Å². The van der Waals surface area contributed by atoms with Crippen LogP contribution in [0.2, 0.25) is 0 Å². The third-order valence-corrected chi connectivity index (χ3v) is 2.66. The smallest absolute Gasteiger partial charge is 0.271 e. The first kappa shape index (κ1) is 10.7. The summed E-state index contributed by atoms with van der Waals surface area (Å²) in [4.78, 5) is 10.2. The molecule has 0 aliphatic heterocycles.